The molecule has 0 amide bonds. The normalized spacial score (nSPS) is 13.3. The van der Waals surface area contributed by atoms with Gasteiger partial charge in [-0.15, -0.1) is 6.42 Å². The molecule has 0 bridgehead atoms. The summed E-state index contributed by atoms with van der Waals surface area (Å²) in [6.07, 6.45) is 7.51. The molecule has 20 heavy (non-hydrogen) atoms. The highest BCUT2D eigenvalue weighted by Crippen LogP contribution is 2.29. The van der Waals surface area contributed by atoms with E-state index in [0.29, 0.717) is 18.0 Å². The summed E-state index contributed by atoms with van der Waals surface area (Å²) in [5.41, 5.74) is 6.91. The van der Waals surface area contributed by atoms with Crippen molar-refractivity contribution in [3.63, 3.8) is 0 Å². The van der Waals surface area contributed by atoms with Crippen LogP contribution in [0.25, 0.3) is 0 Å². The van der Waals surface area contributed by atoms with Crippen molar-refractivity contribution in [2.75, 3.05) is 20.8 Å². The summed E-state index contributed by atoms with van der Waals surface area (Å²) in [5, 5.41) is 3.40. The topological polar surface area (TPSA) is 56.5 Å². The zero-order valence-corrected chi connectivity index (χ0v) is 12.5. The lowest BCUT2D eigenvalue weighted by molar-refractivity contribution is 0.353. The average Bonchev–Trinajstić information content (AvgIpc) is 2.50. The lowest BCUT2D eigenvalue weighted by Crippen LogP contribution is -2.35. The van der Waals surface area contributed by atoms with Crippen LogP contribution in [0.5, 0.6) is 11.5 Å². The number of methoxy groups -OCH3 is 2. The van der Waals surface area contributed by atoms with Crippen LogP contribution in [0.3, 0.4) is 0 Å². The van der Waals surface area contributed by atoms with Gasteiger partial charge in [-0.2, -0.15) is 0 Å². The van der Waals surface area contributed by atoms with Crippen LogP contribution in [-0.2, 0) is 0 Å². The summed E-state index contributed by atoms with van der Waals surface area (Å²) in [6, 6.07) is 5.82. The van der Waals surface area contributed by atoms with E-state index in [1.165, 1.54) is 0 Å². The summed E-state index contributed by atoms with van der Waals surface area (Å²) in [6.45, 7) is 2.58. The van der Waals surface area contributed by atoms with Crippen molar-refractivity contribution in [3.8, 4) is 23.8 Å². The molecule has 0 spiro atoms. The number of benzene rings is 1. The lowest BCUT2D eigenvalue weighted by Gasteiger charge is -2.22. The van der Waals surface area contributed by atoms with Gasteiger partial charge in [-0.25, -0.2) is 0 Å². The maximum absolute atomic E-state index is 5.86. The third-order valence-electron chi connectivity index (χ3n) is 3.23. The number of hydrogen-bond acceptors (Lipinski definition) is 4. The van der Waals surface area contributed by atoms with Crippen molar-refractivity contribution < 1.29 is 9.47 Å². The first-order valence-electron chi connectivity index (χ1n) is 6.84. The van der Waals surface area contributed by atoms with E-state index in [4.69, 9.17) is 21.6 Å². The van der Waals surface area contributed by atoms with E-state index in [-0.39, 0.29) is 12.1 Å². The standard InChI is InChI=1S/C16H24N2O2/c1-5-7-13(6-2)18-14(11-17)12-8-9-15(19-3)16(10-12)20-4/h2,8-10,13-14,18H,5,7,11,17H2,1,3-4H3. The van der Waals surface area contributed by atoms with Gasteiger partial charge in [0.15, 0.2) is 11.5 Å². The van der Waals surface area contributed by atoms with Gasteiger partial charge >= 0.3 is 0 Å². The molecule has 0 saturated heterocycles. The summed E-state index contributed by atoms with van der Waals surface area (Å²) >= 11 is 0. The van der Waals surface area contributed by atoms with E-state index < -0.39 is 0 Å². The Kier molecular flexibility index (Phi) is 6.92. The molecule has 1 aromatic carbocycles. The van der Waals surface area contributed by atoms with Crippen LogP contribution in [0.1, 0.15) is 31.4 Å². The van der Waals surface area contributed by atoms with Crippen molar-refractivity contribution in [3.05, 3.63) is 23.8 Å². The first kappa shape index (κ1) is 16.4. The number of hydrogen-bond donors (Lipinski definition) is 2. The molecule has 0 aliphatic heterocycles. The van der Waals surface area contributed by atoms with E-state index in [1.807, 2.05) is 18.2 Å². The highest BCUT2D eigenvalue weighted by molar-refractivity contribution is 5.44. The van der Waals surface area contributed by atoms with Gasteiger partial charge in [0.05, 0.1) is 20.3 Å². The number of ether oxygens (including phenoxy) is 2. The number of nitrogens with two attached hydrogens (primary N) is 1. The van der Waals surface area contributed by atoms with E-state index in [9.17, 15) is 0 Å². The van der Waals surface area contributed by atoms with Crippen molar-refractivity contribution in [2.45, 2.75) is 31.8 Å². The molecule has 0 aromatic heterocycles. The van der Waals surface area contributed by atoms with Crippen molar-refractivity contribution >= 4 is 0 Å². The van der Waals surface area contributed by atoms with Crippen LogP contribution in [0, 0.1) is 12.3 Å². The zero-order chi connectivity index (χ0) is 15.0. The highest BCUT2D eigenvalue weighted by atomic mass is 16.5. The van der Waals surface area contributed by atoms with Crippen LogP contribution in [0.4, 0.5) is 0 Å². The fraction of sp³-hybridized carbons (Fsp3) is 0.500. The molecule has 3 N–H and O–H groups in total. The summed E-state index contributed by atoms with van der Waals surface area (Å²) < 4.78 is 10.6. The molecule has 0 saturated carbocycles. The fourth-order valence-electron chi connectivity index (χ4n) is 2.12. The van der Waals surface area contributed by atoms with Gasteiger partial charge in [0.25, 0.3) is 0 Å². The van der Waals surface area contributed by atoms with Gasteiger partial charge in [0.2, 0.25) is 0 Å². The maximum Gasteiger partial charge on any atom is 0.161 e. The second kappa shape index (κ2) is 8.47. The summed E-state index contributed by atoms with van der Waals surface area (Å²) in [7, 11) is 3.24. The minimum Gasteiger partial charge on any atom is -0.493 e. The first-order chi connectivity index (χ1) is 9.69. The molecule has 2 atom stereocenters. The van der Waals surface area contributed by atoms with Crippen LogP contribution in [0.2, 0.25) is 0 Å². The Labute approximate surface area is 121 Å². The Morgan fingerprint density at radius 1 is 1.30 bits per heavy atom. The van der Waals surface area contributed by atoms with E-state index in [1.54, 1.807) is 14.2 Å². The molecule has 4 nitrogen and oxygen atoms in total. The Morgan fingerprint density at radius 2 is 2.00 bits per heavy atom. The number of nitrogens with one attached hydrogen (secondary N) is 1. The molecule has 0 aliphatic carbocycles. The fourth-order valence-corrected chi connectivity index (χ4v) is 2.12. The monoisotopic (exact) mass is 276 g/mol. The van der Waals surface area contributed by atoms with Crippen LogP contribution < -0.4 is 20.5 Å². The largest absolute Gasteiger partial charge is 0.493 e. The molecular weight excluding hydrogens is 252 g/mol. The van der Waals surface area contributed by atoms with Gasteiger partial charge < -0.3 is 15.2 Å². The molecule has 1 rings (SSSR count). The lowest BCUT2D eigenvalue weighted by atomic mass is 10.0. The molecule has 1 aromatic rings. The predicted molar refractivity (Wildman–Crippen MR) is 82.0 cm³/mol. The third kappa shape index (κ3) is 4.16. The number of rotatable bonds is 8. The van der Waals surface area contributed by atoms with E-state index in [2.05, 4.69) is 18.2 Å². The smallest absolute Gasteiger partial charge is 0.161 e. The quantitative estimate of drug-likeness (QED) is 0.714. The highest BCUT2D eigenvalue weighted by Gasteiger charge is 2.16. The molecule has 0 heterocycles. The average molecular weight is 276 g/mol. The summed E-state index contributed by atoms with van der Waals surface area (Å²) in [5.74, 6) is 4.16. The van der Waals surface area contributed by atoms with E-state index in [0.717, 1.165) is 18.4 Å². The predicted octanol–water partition coefficient (Wildman–Crippen LogP) is 2.10. The van der Waals surface area contributed by atoms with Crippen LogP contribution in [0.15, 0.2) is 18.2 Å². The zero-order valence-electron chi connectivity index (χ0n) is 12.5. The van der Waals surface area contributed by atoms with Gasteiger partial charge in [-0.1, -0.05) is 25.3 Å². The number of terminal acetylenes is 1. The second-order valence-electron chi connectivity index (χ2n) is 4.58. The van der Waals surface area contributed by atoms with Crippen LogP contribution >= 0.6 is 0 Å². The molecule has 110 valence electrons. The molecule has 0 aliphatic rings. The van der Waals surface area contributed by atoms with Crippen molar-refractivity contribution in [1.82, 2.24) is 5.32 Å². The van der Waals surface area contributed by atoms with Crippen LogP contribution in [-0.4, -0.2) is 26.8 Å². The Bertz CT molecular complexity index is 454. The summed E-state index contributed by atoms with van der Waals surface area (Å²) in [4.78, 5) is 0. The van der Waals surface area contributed by atoms with Gasteiger partial charge in [0, 0.05) is 12.6 Å². The molecule has 4 heteroatoms. The molecule has 0 fully saturated rings. The van der Waals surface area contributed by atoms with Gasteiger partial charge in [-0.05, 0) is 24.1 Å². The van der Waals surface area contributed by atoms with E-state index >= 15 is 0 Å². The second-order valence-corrected chi connectivity index (χ2v) is 4.58. The third-order valence-corrected chi connectivity index (χ3v) is 3.23. The Hall–Kier alpha value is -1.70. The van der Waals surface area contributed by atoms with Crippen molar-refractivity contribution in [2.24, 2.45) is 5.73 Å². The minimum atomic E-state index is 0.00223. The SMILES string of the molecule is C#CC(CCC)NC(CN)c1ccc(OC)c(OC)c1. The Balaban J connectivity index is 2.92. The molecule has 2 unspecified atom stereocenters. The first-order valence-corrected chi connectivity index (χ1v) is 6.84. The molecular formula is C16H24N2O2. The van der Waals surface area contributed by atoms with Gasteiger partial charge in [0.1, 0.15) is 0 Å². The van der Waals surface area contributed by atoms with Gasteiger partial charge in [-0.3, -0.25) is 5.32 Å². The maximum atomic E-state index is 5.86. The molecule has 0 radical (unpaired) electrons. The minimum absolute atomic E-state index is 0.00223. The van der Waals surface area contributed by atoms with Crippen molar-refractivity contribution in [1.29, 1.82) is 0 Å². The Morgan fingerprint density at radius 3 is 2.50 bits per heavy atom.